The van der Waals surface area contributed by atoms with Crippen molar-refractivity contribution in [3.05, 3.63) is 24.0 Å². The highest BCUT2D eigenvalue weighted by Gasteiger charge is 2.12. The molecule has 0 saturated carbocycles. The summed E-state index contributed by atoms with van der Waals surface area (Å²) in [5.74, 6) is 0. The second-order valence-corrected chi connectivity index (χ2v) is 4.53. The van der Waals surface area contributed by atoms with E-state index >= 15 is 0 Å². The van der Waals surface area contributed by atoms with Gasteiger partial charge in [0.2, 0.25) is 0 Å². The summed E-state index contributed by atoms with van der Waals surface area (Å²) >= 11 is 0. The maximum atomic E-state index is 4.25. The summed E-state index contributed by atoms with van der Waals surface area (Å²) in [7, 11) is 2.16. The summed E-state index contributed by atoms with van der Waals surface area (Å²) in [6.07, 6.45) is 6.27. The van der Waals surface area contributed by atoms with Crippen LogP contribution in [0.25, 0.3) is 0 Å². The molecule has 0 fully saturated rings. The van der Waals surface area contributed by atoms with Crippen molar-refractivity contribution in [1.82, 2.24) is 10.3 Å². The Morgan fingerprint density at radius 3 is 2.82 bits per heavy atom. The minimum atomic E-state index is 0.560. The lowest BCUT2D eigenvalue weighted by Gasteiger charge is -2.28. The van der Waals surface area contributed by atoms with Crippen molar-refractivity contribution in [3.63, 3.8) is 0 Å². The van der Waals surface area contributed by atoms with Gasteiger partial charge in [0.05, 0.1) is 11.9 Å². The Bertz CT molecular complexity index is 325. The molecule has 0 amide bonds. The van der Waals surface area contributed by atoms with E-state index in [2.05, 4.69) is 49.1 Å². The lowest BCUT2D eigenvalue weighted by molar-refractivity contribution is 0.611. The van der Waals surface area contributed by atoms with Crippen LogP contribution >= 0.6 is 0 Å². The molecule has 1 heterocycles. The molecular weight excluding hydrogens is 210 g/mol. The van der Waals surface area contributed by atoms with Crippen molar-refractivity contribution in [3.8, 4) is 0 Å². The van der Waals surface area contributed by atoms with Crippen LogP contribution in [0.1, 0.15) is 39.2 Å². The number of rotatable bonds is 7. The predicted molar refractivity (Wildman–Crippen MR) is 74.4 cm³/mol. The number of nitrogens with zero attached hydrogens (tertiary/aromatic N) is 2. The van der Waals surface area contributed by atoms with E-state index in [0.717, 1.165) is 13.1 Å². The lowest BCUT2D eigenvalue weighted by Crippen LogP contribution is -2.30. The van der Waals surface area contributed by atoms with Crippen LogP contribution in [0.4, 0.5) is 5.69 Å². The molecule has 0 bridgehead atoms. The second kappa shape index (κ2) is 7.28. The number of aromatic nitrogens is 1. The highest BCUT2D eigenvalue weighted by atomic mass is 15.1. The fourth-order valence-electron chi connectivity index (χ4n) is 1.99. The van der Waals surface area contributed by atoms with Gasteiger partial charge in [-0.3, -0.25) is 4.98 Å². The van der Waals surface area contributed by atoms with E-state index in [-0.39, 0.29) is 0 Å². The van der Waals surface area contributed by atoms with Gasteiger partial charge in [0.15, 0.2) is 0 Å². The molecule has 0 saturated heterocycles. The summed E-state index contributed by atoms with van der Waals surface area (Å²) in [5, 5.41) is 3.38. The van der Waals surface area contributed by atoms with Crippen LogP contribution < -0.4 is 10.2 Å². The van der Waals surface area contributed by atoms with E-state index in [1.807, 2.05) is 12.4 Å². The Hall–Kier alpha value is -1.09. The maximum absolute atomic E-state index is 4.25. The molecule has 3 heteroatoms. The van der Waals surface area contributed by atoms with Gasteiger partial charge in [0, 0.05) is 25.8 Å². The van der Waals surface area contributed by atoms with Gasteiger partial charge in [-0.05, 0) is 31.5 Å². The Morgan fingerprint density at radius 1 is 1.41 bits per heavy atom. The van der Waals surface area contributed by atoms with Gasteiger partial charge < -0.3 is 10.2 Å². The smallest absolute Gasteiger partial charge is 0.0598 e. The molecule has 1 aromatic heterocycles. The van der Waals surface area contributed by atoms with Crippen molar-refractivity contribution in [2.45, 2.75) is 46.2 Å². The van der Waals surface area contributed by atoms with Crippen LogP contribution in [-0.4, -0.2) is 24.6 Å². The number of hydrogen-bond acceptors (Lipinski definition) is 3. The van der Waals surface area contributed by atoms with E-state index in [4.69, 9.17) is 0 Å². The van der Waals surface area contributed by atoms with Crippen molar-refractivity contribution in [1.29, 1.82) is 0 Å². The van der Waals surface area contributed by atoms with E-state index in [1.165, 1.54) is 24.1 Å². The first-order chi connectivity index (χ1) is 8.20. The first kappa shape index (κ1) is 14.0. The van der Waals surface area contributed by atoms with Crippen LogP contribution in [0.5, 0.6) is 0 Å². The Balaban J connectivity index is 2.80. The van der Waals surface area contributed by atoms with E-state index in [9.17, 15) is 0 Å². The molecule has 0 aliphatic heterocycles. The summed E-state index contributed by atoms with van der Waals surface area (Å²) in [5.41, 5.74) is 2.57. The van der Waals surface area contributed by atoms with Crippen molar-refractivity contribution in [2.75, 3.05) is 18.5 Å². The average molecular weight is 235 g/mol. The van der Waals surface area contributed by atoms with E-state index in [0.29, 0.717) is 6.04 Å². The van der Waals surface area contributed by atoms with Gasteiger partial charge in [0.1, 0.15) is 0 Å². The monoisotopic (exact) mass is 235 g/mol. The van der Waals surface area contributed by atoms with E-state index < -0.39 is 0 Å². The molecule has 1 aromatic rings. The second-order valence-electron chi connectivity index (χ2n) is 4.53. The van der Waals surface area contributed by atoms with E-state index in [1.54, 1.807) is 0 Å². The third-order valence-electron chi connectivity index (χ3n) is 3.20. The topological polar surface area (TPSA) is 28.2 Å². The van der Waals surface area contributed by atoms with Gasteiger partial charge in [-0.2, -0.15) is 0 Å². The number of pyridine rings is 1. The highest BCUT2D eigenvalue weighted by molar-refractivity contribution is 5.51. The SMILES string of the molecule is CCCC(C)N(C)c1cnccc1CNCC. The predicted octanol–water partition coefficient (Wildman–Crippen LogP) is 2.82. The quantitative estimate of drug-likeness (QED) is 0.787. The number of nitrogens with one attached hydrogen (secondary N) is 1. The minimum Gasteiger partial charge on any atom is -0.370 e. The molecule has 1 rings (SSSR count). The summed E-state index contributed by atoms with van der Waals surface area (Å²) in [6.45, 7) is 8.54. The van der Waals surface area contributed by atoms with Crippen molar-refractivity contribution < 1.29 is 0 Å². The normalized spacial score (nSPS) is 12.5. The molecule has 0 aliphatic rings. The largest absolute Gasteiger partial charge is 0.370 e. The zero-order valence-corrected chi connectivity index (χ0v) is 11.5. The minimum absolute atomic E-state index is 0.560. The average Bonchev–Trinajstić information content (AvgIpc) is 2.36. The molecule has 96 valence electrons. The summed E-state index contributed by atoms with van der Waals surface area (Å²) < 4.78 is 0. The van der Waals surface area contributed by atoms with Crippen LogP contribution in [-0.2, 0) is 6.54 Å². The summed E-state index contributed by atoms with van der Waals surface area (Å²) in [4.78, 5) is 6.58. The Labute approximate surface area is 105 Å². The number of anilines is 1. The fraction of sp³-hybridized carbons (Fsp3) is 0.643. The fourth-order valence-corrected chi connectivity index (χ4v) is 1.99. The molecule has 0 radical (unpaired) electrons. The number of hydrogen-bond donors (Lipinski definition) is 1. The van der Waals surface area contributed by atoms with Crippen molar-refractivity contribution in [2.24, 2.45) is 0 Å². The molecular formula is C14H25N3. The van der Waals surface area contributed by atoms with Crippen LogP contribution in [0, 0.1) is 0 Å². The van der Waals surface area contributed by atoms with Crippen LogP contribution in [0.15, 0.2) is 18.5 Å². The maximum Gasteiger partial charge on any atom is 0.0598 e. The van der Waals surface area contributed by atoms with Crippen molar-refractivity contribution >= 4 is 5.69 Å². The van der Waals surface area contributed by atoms with Gasteiger partial charge >= 0.3 is 0 Å². The molecule has 0 aromatic carbocycles. The molecule has 0 aliphatic carbocycles. The Kier molecular flexibility index (Phi) is 5.98. The first-order valence-corrected chi connectivity index (χ1v) is 6.57. The zero-order chi connectivity index (χ0) is 12.7. The standard InChI is InChI=1S/C14H25N3/c1-5-7-12(3)17(4)14-11-16-9-8-13(14)10-15-6-2/h8-9,11-12,15H,5-7,10H2,1-4H3. The van der Waals surface area contributed by atoms with Crippen LogP contribution in [0.3, 0.4) is 0 Å². The molecule has 3 nitrogen and oxygen atoms in total. The van der Waals surface area contributed by atoms with Gasteiger partial charge in [-0.15, -0.1) is 0 Å². The van der Waals surface area contributed by atoms with Gasteiger partial charge in [-0.25, -0.2) is 0 Å². The van der Waals surface area contributed by atoms with Gasteiger partial charge in [0.25, 0.3) is 0 Å². The molecule has 0 spiro atoms. The molecule has 17 heavy (non-hydrogen) atoms. The highest BCUT2D eigenvalue weighted by Crippen LogP contribution is 2.21. The first-order valence-electron chi connectivity index (χ1n) is 6.57. The zero-order valence-electron chi connectivity index (χ0n) is 11.5. The van der Waals surface area contributed by atoms with Gasteiger partial charge in [-0.1, -0.05) is 20.3 Å². The molecule has 1 unspecified atom stereocenters. The Morgan fingerprint density at radius 2 is 2.18 bits per heavy atom. The third-order valence-corrected chi connectivity index (χ3v) is 3.20. The molecule has 1 atom stereocenters. The lowest BCUT2D eigenvalue weighted by atomic mass is 10.1. The summed E-state index contributed by atoms with van der Waals surface area (Å²) in [6, 6.07) is 2.66. The van der Waals surface area contributed by atoms with Crippen LogP contribution in [0.2, 0.25) is 0 Å². The molecule has 1 N–H and O–H groups in total. The third kappa shape index (κ3) is 4.00.